The number of aromatic nitrogens is 1. The number of hydrogen-bond acceptors (Lipinski definition) is 1. The second kappa shape index (κ2) is 4.47. The zero-order chi connectivity index (χ0) is 8.93. The smallest absolute Gasteiger partial charge is 0.0869 e. The molecule has 1 aromatic heterocycles. The maximum Gasteiger partial charge on any atom is 0.0869 e. The van der Waals surface area contributed by atoms with E-state index >= 15 is 0 Å². The quantitative estimate of drug-likeness (QED) is 0.758. The topological polar surface area (TPSA) is 25.0 Å². The van der Waals surface area contributed by atoms with E-state index in [2.05, 4.69) is 11.1 Å². The normalized spacial score (nSPS) is 19.1. The Morgan fingerprint density at radius 1 is 1.31 bits per heavy atom. The fraction of sp³-hybridized carbons (Fsp3) is 0.636. The van der Waals surface area contributed by atoms with Gasteiger partial charge in [0.1, 0.15) is 0 Å². The predicted molar refractivity (Wildman–Crippen MR) is 52.5 cm³/mol. The molecule has 1 N–H and O–H groups in total. The molecule has 0 amide bonds. The van der Waals surface area contributed by atoms with Crippen LogP contribution in [-0.4, -0.2) is 11.1 Å². The first-order valence-electron chi connectivity index (χ1n) is 5.19. The van der Waals surface area contributed by atoms with Crippen LogP contribution in [0.1, 0.15) is 37.8 Å². The largest absolute Gasteiger partial charge is 0.372 e. The fourth-order valence-corrected chi connectivity index (χ4v) is 1.90. The number of H-pyrrole nitrogens is 1. The Bertz CT molecular complexity index is 224. The first kappa shape index (κ1) is 8.82. The van der Waals surface area contributed by atoms with E-state index in [1.54, 1.807) is 0 Å². The lowest BCUT2D eigenvalue weighted by atomic mass is 9.98. The lowest BCUT2D eigenvalue weighted by Gasteiger charge is -2.21. The third-order valence-electron chi connectivity index (χ3n) is 2.69. The van der Waals surface area contributed by atoms with Crippen molar-refractivity contribution in [2.24, 2.45) is 0 Å². The molecule has 1 aromatic rings. The highest BCUT2D eigenvalue weighted by Gasteiger charge is 2.13. The molecular weight excluding hydrogens is 162 g/mol. The van der Waals surface area contributed by atoms with Crippen LogP contribution in [0.3, 0.4) is 0 Å². The van der Waals surface area contributed by atoms with Gasteiger partial charge in [0.25, 0.3) is 0 Å². The molecular formula is C11H17NO. The Morgan fingerprint density at radius 3 is 2.85 bits per heavy atom. The Balaban J connectivity index is 1.72. The summed E-state index contributed by atoms with van der Waals surface area (Å²) in [6, 6.07) is 4.09. The van der Waals surface area contributed by atoms with Gasteiger partial charge in [-0.05, 0) is 25.0 Å². The van der Waals surface area contributed by atoms with Gasteiger partial charge in [-0.15, -0.1) is 0 Å². The van der Waals surface area contributed by atoms with Gasteiger partial charge in [0.2, 0.25) is 0 Å². The molecule has 0 bridgehead atoms. The van der Waals surface area contributed by atoms with Crippen molar-refractivity contribution in [3.63, 3.8) is 0 Å². The molecule has 0 spiro atoms. The Labute approximate surface area is 79.3 Å². The summed E-state index contributed by atoms with van der Waals surface area (Å²) in [5, 5.41) is 0. The molecule has 0 unspecified atom stereocenters. The molecule has 13 heavy (non-hydrogen) atoms. The lowest BCUT2D eigenvalue weighted by Crippen LogP contribution is -2.16. The summed E-state index contributed by atoms with van der Waals surface area (Å²) in [4.78, 5) is 3.15. The van der Waals surface area contributed by atoms with Crippen molar-refractivity contribution in [1.82, 2.24) is 4.98 Å². The first-order chi connectivity index (χ1) is 6.45. The first-order valence-corrected chi connectivity index (χ1v) is 5.19. The third kappa shape index (κ3) is 2.59. The fourth-order valence-electron chi connectivity index (χ4n) is 1.90. The molecule has 0 radical (unpaired) electrons. The predicted octanol–water partition coefficient (Wildman–Crippen LogP) is 2.86. The number of ether oxygens (including phenoxy) is 1. The summed E-state index contributed by atoms with van der Waals surface area (Å²) in [7, 11) is 0. The van der Waals surface area contributed by atoms with Gasteiger partial charge in [-0.2, -0.15) is 0 Å². The highest BCUT2D eigenvalue weighted by Crippen LogP contribution is 2.20. The van der Waals surface area contributed by atoms with Crippen LogP contribution in [0.15, 0.2) is 18.3 Å². The summed E-state index contributed by atoms with van der Waals surface area (Å²) < 4.78 is 5.80. The molecule has 1 fully saturated rings. The molecule has 0 saturated heterocycles. The number of aromatic amines is 1. The van der Waals surface area contributed by atoms with E-state index < -0.39 is 0 Å². The van der Waals surface area contributed by atoms with Crippen molar-refractivity contribution in [3.05, 3.63) is 24.0 Å². The van der Waals surface area contributed by atoms with Gasteiger partial charge in [-0.25, -0.2) is 0 Å². The lowest BCUT2D eigenvalue weighted by molar-refractivity contribution is 0.0154. The molecule has 72 valence electrons. The zero-order valence-electron chi connectivity index (χ0n) is 7.96. The maximum absolute atomic E-state index is 5.80. The van der Waals surface area contributed by atoms with Crippen LogP contribution in [0.2, 0.25) is 0 Å². The molecule has 2 heteroatoms. The van der Waals surface area contributed by atoms with Crippen molar-refractivity contribution in [2.45, 2.75) is 44.8 Å². The zero-order valence-corrected chi connectivity index (χ0v) is 7.96. The van der Waals surface area contributed by atoms with E-state index in [-0.39, 0.29) is 0 Å². The van der Waals surface area contributed by atoms with Crippen molar-refractivity contribution in [3.8, 4) is 0 Å². The minimum Gasteiger partial charge on any atom is -0.372 e. The van der Waals surface area contributed by atoms with Crippen molar-refractivity contribution in [1.29, 1.82) is 0 Å². The average molecular weight is 179 g/mol. The van der Waals surface area contributed by atoms with Crippen LogP contribution in [0.4, 0.5) is 0 Å². The van der Waals surface area contributed by atoms with Crippen LogP contribution >= 0.6 is 0 Å². The molecule has 1 heterocycles. The van der Waals surface area contributed by atoms with Crippen molar-refractivity contribution >= 4 is 0 Å². The molecule has 2 nitrogen and oxygen atoms in total. The van der Waals surface area contributed by atoms with Gasteiger partial charge in [-0.1, -0.05) is 19.3 Å². The van der Waals surface area contributed by atoms with E-state index in [4.69, 9.17) is 4.74 Å². The minimum atomic E-state index is 0.511. The SMILES string of the molecule is c1c[nH]c(COC2CCCCC2)c1. The van der Waals surface area contributed by atoms with E-state index in [1.165, 1.54) is 37.8 Å². The summed E-state index contributed by atoms with van der Waals surface area (Å²) >= 11 is 0. The minimum absolute atomic E-state index is 0.511. The van der Waals surface area contributed by atoms with Crippen LogP contribution in [0, 0.1) is 0 Å². The summed E-state index contributed by atoms with van der Waals surface area (Å²) in [6.45, 7) is 0.748. The highest BCUT2D eigenvalue weighted by atomic mass is 16.5. The van der Waals surface area contributed by atoms with Gasteiger partial charge in [0.15, 0.2) is 0 Å². The van der Waals surface area contributed by atoms with E-state index in [1.807, 2.05) is 12.3 Å². The Hall–Kier alpha value is -0.760. The van der Waals surface area contributed by atoms with Crippen LogP contribution in [0.25, 0.3) is 0 Å². The summed E-state index contributed by atoms with van der Waals surface area (Å²) in [6.07, 6.45) is 9.03. The van der Waals surface area contributed by atoms with Gasteiger partial charge in [-0.3, -0.25) is 0 Å². The summed E-state index contributed by atoms with van der Waals surface area (Å²) in [5.41, 5.74) is 1.19. The van der Waals surface area contributed by atoms with Gasteiger partial charge < -0.3 is 9.72 Å². The Kier molecular flexibility index (Phi) is 3.03. The second-order valence-electron chi connectivity index (χ2n) is 3.77. The van der Waals surface area contributed by atoms with E-state index in [9.17, 15) is 0 Å². The van der Waals surface area contributed by atoms with E-state index in [0.29, 0.717) is 6.10 Å². The molecule has 1 aliphatic carbocycles. The van der Waals surface area contributed by atoms with Crippen LogP contribution in [-0.2, 0) is 11.3 Å². The van der Waals surface area contributed by atoms with E-state index in [0.717, 1.165) is 6.61 Å². The van der Waals surface area contributed by atoms with Crippen molar-refractivity contribution < 1.29 is 4.74 Å². The van der Waals surface area contributed by atoms with Gasteiger partial charge in [0.05, 0.1) is 12.7 Å². The molecule has 2 rings (SSSR count). The van der Waals surface area contributed by atoms with Gasteiger partial charge >= 0.3 is 0 Å². The molecule has 0 aromatic carbocycles. The third-order valence-corrected chi connectivity index (χ3v) is 2.69. The maximum atomic E-state index is 5.80. The highest BCUT2D eigenvalue weighted by molar-refractivity contribution is 5.01. The molecule has 1 saturated carbocycles. The molecule has 0 atom stereocenters. The Morgan fingerprint density at radius 2 is 2.15 bits per heavy atom. The monoisotopic (exact) mass is 179 g/mol. The number of nitrogens with one attached hydrogen (secondary N) is 1. The second-order valence-corrected chi connectivity index (χ2v) is 3.77. The number of hydrogen-bond donors (Lipinski definition) is 1. The average Bonchev–Trinajstić information content (AvgIpc) is 2.69. The van der Waals surface area contributed by atoms with Crippen LogP contribution < -0.4 is 0 Å². The van der Waals surface area contributed by atoms with Crippen LogP contribution in [0.5, 0.6) is 0 Å². The molecule has 1 aliphatic rings. The number of rotatable bonds is 3. The van der Waals surface area contributed by atoms with Gasteiger partial charge in [0, 0.05) is 11.9 Å². The standard InChI is InChI=1S/C11H17NO/c1-2-6-11(7-3-1)13-9-10-5-4-8-12-10/h4-5,8,11-12H,1-3,6-7,9H2. The summed E-state index contributed by atoms with van der Waals surface area (Å²) in [5.74, 6) is 0. The van der Waals surface area contributed by atoms with Crippen molar-refractivity contribution in [2.75, 3.05) is 0 Å². The molecule has 0 aliphatic heterocycles.